The summed E-state index contributed by atoms with van der Waals surface area (Å²) in [4.78, 5) is 22.4. The van der Waals surface area contributed by atoms with Crippen molar-refractivity contribution in [2.75, 3.05) is 5.32 Å². The highest BCUT2D eigenvalue weighted by Crippen LogP contribution is 2.34. The van der Waals surface area contributed by atoms with E-state index < -0.39 is 0 Å². The smallest absolute Gasteiger partial charge is 0.230 e. The average Bonchev–Trinajstić information content (AvgIpc) is 3.34. The minimum atomic E-state index is -0.140. The van der Waals surface area contributed by atoms with Gasteiger partial charge >= 0.3 is 0 Å². The normalized spacial score (nSPS) is 10.8. The van der Waals surface area contributed by atoms with E-state index in [1.54, 1.807) is 18.3 Å². The lowest BCUT2D eigenvalue weighted by Crippen LogP contribution is -2.15. The van der Waals surface area contributed by atoms with Crippen molar-refractivity contribution in [2.24, 2.45) is 7.05 Å². The van der Waals surface area contributed by atoms with Crippen LogP contribution < -0.4 is 5.32 Å². The highest BCUT2D eigenvalue weighted by molar-refractivity contribution is 7.99. The molecule has 0 unspecified atom stereocenters. The summed E-state index contributed by atoms with van der Waals surface area (Å²) < 4.78 is 1.92. The van der Waals surface area contributed by atoms with Crippen molar-refractivity contribution in [1.82, 2.24) is 14.5 Å². The second kappa shape index (κ2) is 8.82. The molecular weight excluding hydrogens is 424 g/mol. The van der Waals surface area contributed by atoms with E-state index >= 15 is 0 Å². The number of imidazole rings is 1. The summed E-state index contributed by atoms with van der Waals surface area (Å²) in [6, 6.07) is 15.4. The van der Waals surface area contributed by atoms with Crippen LogP contribution in [0.5, 0.6) is 0 Å². The molecule has 4 rings (SSSR count). The van der Waals surface area contributed by atoms with Crippen LogP contribution in [0, 0.1) is 0 Å². The molecule has 2 aromatic carbocycles. The summed E-state index contributed by atoms with van der Waals surface area (Å²) in [5.41, 5.74) is 2.45. The van der Waals surface area contributed by atoms with Gasteiger partial charge in [-0.05, 0) is 30.0 Å². The van der Waals surface area contributed by atoms with Crippen molar-refractivity contribution in [2.45, 2.75) is 16.5 Å². The van der Waals surface area contributed by atoms with Crippen molar-refractivity contribution in [3.05, 3.63) is 77.0 Å². The molecule has 0 radical (unpaired) electrons. The van der Waals surface area contributed by atoms with E-state index in [1.807, 2.05) is 59.6 Å². The Hall–Kier alpha value is -2.61. The lowest BCUT2D eigenvalue weighted by atomic mass is 10.2. The van der Waals surface area contributed by atoms with Gasteiger partial charge in [0, 0.05) is 40.3 Å². The van der Waals surface area contributed by atoms with Crippen LogP contribution in [0.4, 0.5) is 5.69 Å². The van der Waals surface area contributed by atoms with Gasteiger partial charge < -0.3 is 9.88 Å². The number of aryl methyl sites for hydroxylation is 1. The van der Waals surface area contributed by atoms with Crippen LogP contribution in [0.1, 0.15) is 5.69 Å². The molecule has 0 saturated carbocycles. The van der Waals surface area contributed by atoms with Gasteiger partial charge in [0.2, 0.25) is 5.91 Å². The first-order valence-electron chi connectivity index (χ1n) is 8.83. The van der Waals surface area contributed by atoms with E-state index in [0.29, 0.717) is 10.7 Å². The molecule has 0 bridgehead atoms. The predicted octanol–water partition coefficient (Wildman–Crippen LogP) is 5.53. The van der Waals surface area contributed by atoms with E-state index in [0.717, 1.165) is 26.3 Å². The number of hydrogen-bond acceptors (Lipinski definition) is 5. The lowest BCUT2D eigenvalue weighted by Gasteiger charge is -2.11. The molecule has 1 amide bonds. The number of amides is 1. The SMILES string of the molecule is Cn1ccnc1Sc1ccc(Cl)cc1NC(=O)Cc1csc(-c2ccccc2)n1. The standard InChI is InChI=1S/C21H17ClN4OS2/c1-26-10-9-23-21(26)29-18-8-7-15(22)11-17(18)25-19(27)12-16-13-28-20(24-16)14-5-3-2-4-6-14/h2-11,13H,12H2,1H3,(H,25,27). The zero-order valence-corrected chi connectivity index (χ0v) is 17.9. The number of rotatable bonds is 6. The second-order valence-corrected chi connectivity index (χ2v) is 8.60. The van der Waals surface area contributed by atoms with Crippen LogP contribution in [0.25, 0.3) is 10.6 Å². The Morgan fingerprint density at radius 2 is 2.07 bits per heavy atom. The van der Waals surface area contributed by atoms with Gasteiger partial charge in [-0.2, -0.15) is 0 Å². The molecule has 8 heteroatoms. The summed E-state index contributed by atoms with van der Waals surface area (Å²) >= 11 is 9.16. The first kappa shape index (κ1) is 19.7. The van der Waals surface area contributed by atoms with Gasteiger partial charge in [-0.25, -0.2) is 9.97 Å². The van der Waals surface area contributed by atoms with Crippen molar-refractivity contribution >= 4 is 46.3 Å². The van der Waals surface area contributed by atoms with Gasteiger partial charge in [-0.3, -0.25) is 4.79 Å². The topological polar surface area (TPSA) is 59.8 Å². The molecule has 29 heavy (non-hydrogen) atoms. The fourth-order valence-electron chi connectivity index (χ4n) is 2.70. The number of carbonyl (C=O) groups is 1. The maximum absolute atomic E-state index is 12.6. The molecule has 2 heterocycles. The fraction of sp³-hybridized carbons (Fsp3) is 0.0952. The van der Waals surface area contributed by atoms with Gasteiger partial charge in [-0.15, -0.1) is 11.3 Å². The van der Waals surface area contributed by atoms with E-state index in [1.165, 1.54) is 23.1 Å². The zero-order chi connectivity index (χ0) is 20.2. The summed E-state index contributed by atoms with van der Waals surface area (Å²) in [6.07, 6.45) is 3.81. The van der Waals surface area contributed by atoms with Crippen LogP contribution in [0.3, 0.4) is 0 Å². The molecule has 0 aliphatic carbocycles. The number of thiazole rings is 1. The highest BCUT2D eigenvalue weighted by atomic mass is 35.5. The number of hydrogen-bond donors (Lipinski definition) is 1. The van der Waals surface area contributed by atoms with E-state index in [9.17, 15) is 4.79 Å². The van der Waals surface area contributed by atoms with E-state index in [-0.39, 0.29) is 12.3 Å². The Morgan fingerprint density at radius 3 is 2.83 bits per heavy atom. The Kier molecular flexibility index (Phi) is 5.99. The van der Waals surface area contributed by atoms with Gasteiger partial charge in [0.25, 0.3) is 0 Å². The van der Waals surface area contributed by atoms with Gasteiger partial charge in [-0.1, -0.05) is 41.9 Å². The molecule has 2 aromatic heterocycles. The van der Waals surface area contributed by atoms with Crippen molar-refractivity contribution in [3.8, 4) is 10.6 Å². The van der Waals surface area contributed by atoms with E-state index in [4.69, 9.17) is 11.6 Å². The maximum Gasteiger partial charge on any atom is 0.230 e. The van der Waals surface area contributed by atoms with Crippen LogP contribution in [-0.2, 0) is 18.3 Å². The first-order valence-corrected chi connectivity index (χ1v) is 10.9. The van der Waals surface area contributed by atoms with Crippen molar-refractivity contribution < 1.29 is 4.79 Å². The number of anilines is 1. The van der Waals surface area contributed by atoms with Gasteiger partial charge in [0.15, 0.2) is 5.16 Å². The lowest BCUT2D eigenvalue weighted by molar-refractivity contribution is -0.115. The first-order chi connectivity index (χ1) is 14.1. The Bertz CT molecular complexity index is 1140. The zero-order valence-electron chi connectivity index (χ0n) is 15.5. The number of aromatic nitrogens is 3. The third kappa shape index (κ3) is 4.87. The molecule has 0 saturated heterocycles. The van der Waals surface area contributed by atoms with Gasteiger partial charge in [0.05, 0.1) is 17.8 Å². The number of nitrogens with zero attached hydrogens (tertiary/aromatic N) is 3. The third-order valence-corrected chi connectivity index (χ3v) is 6.44. The maximum atomic E-state index is 12.6. The van der Waals surface area contributed by atoms with Crippen LogP contribution >= 0.6 is 34.7 Å². The monoisotopic (exact) mass is 440 g/mol. The van der Waals surface area contributed by atoms with Crippen molar-refractivity contribution in [1.29, 1.82) is 0 Å². The Labute approximate surface area is 181 Å². The minimum absolute atomic E-state index is 0.140. The van der Waals surface area contributed by atoms with Crippen molar-refractivity contribution in [3.63, 3.8) is 0 Å². The predicted molar refractivity (Wildman–Crippen MR) is 119 cm³/mol. The molecule has 0 spiro atoms. The van der Waals surface area contributed by atoms with Gasteiger partial charge in [0.1, 0.15) is 5.01 Å². The minimum Gasteiger partial charge on any atom is -0.329 e. The Morgan fingerprint density at radius 1 is 1.24 bits per heavy atom. The Balaban J connectivity index is 1.48. The molecular formula is C21H17ClN4OS2. The largest absolute Gasteiger partial charge is 0.329 e. The number of benzene rings is 2. The third-order valence-electron chi connectivity index (χ3n) is 4.11. The summed E-state index contributed by atoms with van der Waals surface area (Å²) in [7, 11) is 1.93. The molecule has 0 fully saturated rings. The van der Waals surface area contributed by atoms with E-state index in [2.05, 4.69) is 15.3 Å². The molecule has 4 aromatic rings. The number of carbonyl (C=O) groups excluding carboxylic acids is 1. The number of halogens is 1. The molecule has 5 nitrogen and oxygen atoms in total. The average molecular weight is 441 g/mol. The highest BCUT2D eigenvalue weighted by Gasteiger charge is 2.13. The molecule has 0 aliphatic heterocycles. The summed E-state index contributed by atoms with van der Waals surface area (Å²) in [5, 5.41) is 7.18. The molecule has 1 N–H and O–H groups in total. The molecule has 0 atom stereocenters. The quantitative estimate of drug-likeness (QED) is 0.428. The molecule has 146 valence electrons. The summed E-state index contributed by atoms with van der Waals surface area (Å²) in [5.74, 6) is -0.140. The summed E-state index contributed by atoms with van der Waals surface area (Å²) in [6.45, 7) is 0. The number of nitrogens with one attached hydrogen (secondary N) is 1. The fourth-order valence-corrected chi connectivity index (χ4v) is 4.57. The second-order valence-electron chi connectivity index (χ2n) is 6.30. The van der Waals surface area contributed by atoms with Crippen LogP contribution in [0.15, 0.2) is 76.4 Å². The van der Waals surface area contributed by atoms with Crippen LogP contribution in [-0.4, -0.2) is 20.4 Å². The molecule has 0 aliphatic rings. The van der Waals surface area contributed by atoms with Crippen LogP contribution in [0.2, 0.25) is 5.02 Å².